The van der Waals surface area contributed by atoms with Crippen molar-refractivity contribution >= 4 is 11.9 Å². The number of aliphatic carboxylic acids is 1. The van der Waals surface area contributed by atoms with Gasteiger partial charge in [-0.3, -0.25) is 4.79 Å². The van der Waals surface area contributed by atoms with Crippen molar-refractivity contribution in [3.05, 3.63) is 23.8 Å². The zero-order chi connectivity index (χ0) is 21.2. The molecule has 29 heavy (non-hydrogen) atoms. The first-order valence-electron chi connectivity index (χ1n) is 11.4. The summed E-state index contributed by atoms with van der Waals surface area (Å²) in [5.74, 6) is 0.151. The third-order valence-corrected chi connectivity index (χ3v) is 9.65. The van der Waals surface area contributed by atoms with Crippen LogP contribution in [0.4, 0.5) is 0 Å². The number of carboxylic acids is 1. The van der Waals surface area contributed by atoms with Crippen molar-refractivity contribution in [1.29, 1.82) is 0 Å². The molecule has 2 bridgehead atoms. The summed E-state index contributed by atoms with van der Waals surface area (Å²) < 4.78 is 6.15. The Morgan fingerprint density at radius 1 is 1.14 bits per heavy atom. The Morgan fingerprint density at radius 3 is 2.52 bits per heavy atom. The van der Waals surface area contributed by atoms with Crippen LogP contribution in [-0.4, -0.2) is 23.1 Å². The molecule has 0 saturated heterocycles. The molecular weight excluding hydrogens is 364 g/mol. The number of hydrogen-bond donors (Lipinski definition) is 1. The number of hydrogen-bond acceptors (Lipinski definition) is 3. The van der Waals surface area contributed by atoms with Gasteiger partial charge in [0.25, 0.3) is 0 Å². The average molecular weight is 401 g/mol. The van der Waals surface area contributed by atoms with Crippen molar-refractivity contribution in [2.75, 3.05) is 0 Å². The van der Waals surface area contributed by atoms with Crippen molar-refractivity contribution < 1.29 is 19.4 Å². The van der Waals surface area contributed by atoms with E-state index in [1.807, 2.05) is 13.8 Å². The Labute approximate surface area is 174 Å². The lowest BCUT2D eigenvalue weighted by molar-refractivity contribution is -0.195. The zero-order valence-corrected chi connectivity index (χ0v) is 18.4. The number of carboxylic acid groups (broad SMARTS) is 1. The van der Waals surface area contributed by atoms with Gasteiger partial charge in [0.15, 0.2) is 0 Å². The Kier molecular flexibility index (Phi) is 4.79. The van der Waals surface area contributed by atoms with Crippen LogP contribution in [0.25, 0.3) is 0 Å². The first-order chi connectivity index (χ1) is 13.6. The quantitative estimate of drug-likeness (QED) is 0.384. The maximum atomic E-state index is 12.7. The van der Waals surface area contributed by atoms with Crippen LogP contribution >= 0.6 is 0 Å². The highest BCUT2D eigenvalue weighted by atomic mass is 16.5. The fourth-order valence-electron chi connectivity index (χ4n) is 8.10. The highest BCUT2D eigenvalue weighted by Gasteiger charge is 2.68. The maximum absolute atomic E-state index is 12.7. The van der Waals surface area contributed by atoms with E-state index in [2.05, 4.69) is 13.5 Å². The normalized spacial score (nSPS) is 46.6. The second-order valence-electron chi connectivity index (χ2n) is 10.8. The molecule has 4 aliphatic rings. The maximum Gasteiger partial charge on any atom is 0.333 e. The fraction of sp³-hybridized carbons (Fsp3) is 0.760. The summed E-state index contributed by atoms with van der Waals surface area (Å²) in [4.78, 5) is 25.0. The van der Waals surface area contributed by atoms with Gasteiger partial charge >= 0.3 is 11.9 Å². The van der Waals surface area contributed by atoms with Gasteiger partial charge in [0, 0.05) is 11.0 Å². The van der Waals surface area contributed by atoms with E-state index in [4.69, 9.17) is 4.74 Å². The van der Waals surface area contributed by atoms with Crippen molar-refractivity contribution in [1.82, 2.24) is 0 Å². The van der Waals surface area contributed by atoms with Crippen LogP contribution in [0.2, 0.25) is 0 Å². The molecule has 4 heteroatoms. The van der Waals surface area contributed by atoms with E-state index in [0.717, 1.165) is 56.9 Å². The zero-order valence-electron chi connectivity index (χ0n) is 18.4. The van der Waals surface area contributed by atoms with E-state index < -0.39 is 11.4 Å². The summed E-state index contributed by atoms with van der Waals surface area (Å²) in [7, 11) is 0. The molecule has 7 atom stereocenters. The van der Waals surface area contributed by atoms with Gasteiger partial charge in [0.1, 0.15) is 6.10 Å². The second-order valence-corrected chi connectivity index (χ2v) is 10.8. The smallest absolute Gasteiger partial charge is 0.333 e. The van der Waals surface area contributed by atoms with Crippen LogP contribution in [0.1, 0.15) is 79.1 Å². The SMILES string of the molecule is C=C1[C@@H]2CC[C@@H]3[C@]4(C)CCC[C@@](C)(C(=O)O)[C@H]4CC[C@]3(C2)[C@H]1OC(=O)/C(C)=C/C. The monoisotopic (exact) mass is 400 g/mol. The molecule has 0 aromatic carbocycles. The number of carbonyl (C=O) groups excluding carboxylic acids is 1. The van der Waals surface area contributed by atoms with Crippen LogP contribution in [0.5, 0.6) is 0 Å². The predicted octanol–water partition coefficient (Wildman–Crippen LogP) is 5.53. The first-order valence-corrected chi connectivity index (χ1v) is 11.4. The molecular formula is C25H36O4. The molecule has 0 radical (unpaired) electrons. The van der Waals surface area contributed by atoms with Gasteiger partial charge in [0.05, 0.1) is 5.41 Å². The van der Waals surface area contributed by atoms with Crippen LogP contribution < -0.4 is 0 Å². The molecule has 4 fully saturated rings. The average Bonchev–Trinajstić information content (AvgIpc) is 2.87. The number of rotatable bonds is 3. The molecule has 0 aromatic heterocycles. The fourth-order valence-corrected chi connectivity index (χ4v) is 8.10. The molecule has 0 amide bonds. The lowest BCUT2D eigenvalue weighted by Crippen LogP contribution is -2.60. The van der Waals surface area contributed by atoms with E-state index in [-0.39, 0.29) is 28.8 Å². The molecule has 1 N–H and O–H groups in total. The predicted molar refractivity (Wildman–Crippen MR) is 112 cm³/mol. The molecule has 4 saturated carbocycles. The highest BCUT2D eigenvalue weighted by Crippen LogP contribution is 2.72. The first kappa shape index (κ1) is 20.7. The van der Waals surface area contributed by atoms with Gasteiger partial charge in [-0.25, -0.2) is 4.79 Å². The Morgan fingerprint density at radius 2 is 1.86 bits per heavy atom. The number of esters is 1. The molecule has 0 heterocycles. The standard InChI is InChI=1S/C25H36O4/c1-6-15(2)21(26)29-20-16(3)17-8-9-19-23(4)11-7-12-24(5,22(27)28)18(23)10-13-25(19,20)14-17/h6,17-20H,3,7-14H2,1-2,4-5H3,(H,27,28)/b15-6+/t17-,18+,19-,20+,23-,24-,25-/m1/s1. The van der Waals surface area contributed by atoms with E-state index in [0.29, 0.717) is 17.4 Å². The Bertz CT molecular complexity index is 782. The van der Waals surface area contributed by atoms with Gasteiger partial charge < -0.3 is 9.84 Å². The molecule has 160 valence electrons. The summed E-state index contributed by atoms with van der Waals surface area (Å²) in [6.45, 7) is 12.4. The van der Waals surface area contributed by atoms with Crippen molar-refractivity contribution in [2.45, 2.75) is 85.2 Å². The van der Waals surface area contributed by atoms with Gasteiger partial charge in [-0.05, 0) is 94.5 Å². The molecule has 4 nitrogen and oxygen atoms in total. The number of ether oxygens (including phenoxy) is 1. The number of fused-ring (bicyclic) bond motifs is 3. The van der Waals surface area contributed by atoms with Gasteiger partial charge in [-0.15, -0.1) is 0 Å². The van der Waals surface area contributed by atoms with Crippen molar-refractivity contribution in [3.63, 3.8) is 0 Å². The van der Waals surface area contributed by atoms with Crippen molar-refractivity contribution in [3.8, 4) is 0 Å². The van der Waals surface area contributed by atoms with Crippen LogP contribution in [0, 0.1) is 34.0 Å². The third-order valence-electron chi connectivity index (χ3n) is 9.65. The summed E-state index contributed by atoms with van der Waals surface area (Å²) >= 11 is 0. The van der Waals surface area contributed by atoms with E-state index in [1.165, 1.54) is 0 Å². The van der Waals surface area contributed by atoms with Gasteiger partial charge in [-0.2, -0.15) is 0 Å². The lowest BCUT2D eigenvalue weighted by Gasteiger charge is -2.63. The van der Waals surface area contributed by atoms with E-state index in [1.54, 1.807) is 13.0 Å². The molecule has 1 spiro atoms. The molecule has 0 aromatic rings. The topological polar surface area (TPSA) is 63.6 Å². The minimum absolute atomic E-state index is 0.0144. The summed E-state index contributed by atoms with van der Waals surface area (Å²) in [6.07, 6.45) is 9.50. The summed E-state index contributed by atoms with van der Waals surface area (Å²) in [5.41, 5.74) is 1.02. The minimum atomic E-state index is -0.644. The molecule has 4 rings (SSSR count). The third kappa shape index (κ3) is 2.70. The number of allylic oxidation sites excluding steroid dienone is 1. The van der Waals surface area contributed by atoms with Crippen molar-refractivity contribution in [2.24, 2.45) is 34.0 Å². The minimum Gasteiger partial charge on any atom is -0.481 e. The van der Waals surface area contributed by atoms with E-state index in [9.17, 15) is 14.7 Å². The van der Waals surface area contributed by atoms with Crippen LogP contribution in [-0.2, 0) is 14.3 Å². The second kappa shape index (κ2) is 6.72. The van der Waals surface area contributed by atoms with Crippen LogP contribution in [0.3, 0.4) is 0 Å². The Balaban J connectivity index is 1.73. The van der Waals surface area contributed by atoms with Gasteiger partial charge in [0.2, 0.25) is 0 Å². The Hall–Kier alpha value is -1.58. The summed E-state index contributed by atoms with van der Waals surface area (Å²) in [6, 6.07) is 0. The highest BCUT2D eigenvalue weighted by molar-refractivity contribution is 5.88. The lowest BCUT2D eigenvalue weighted by atomic mass is 9.40. The molecule has 0 aliphatic heterocycles. The van der Waals surface area contributed by atoms with E-state index >= 15 is 0 Å². The largest absolute Gasteiger partial charge is 0.481 e. The van der Waals surface area contributed by atoms with Crippen LogP contribution in [0.15, 0.2) is 23.8 Å². The summed E-state index contributed by atoms with van der Waals surface area (Å²) in [5, 5.41) is 10.1. The number of carbonyl (C=O) groups is 2. The van der Waals surface area contributed by atoms with Gasteiger partial charge in [-0.1, -0.05) is 26.0 Å². The molecule has 0 unspecified atom stereocenters. The molecule has 4 aliphatic carbocycles.